The number of hydrogen-bond donors (Lipinski definition) is 3. The molecule has 3 heterocycles. The van der Waals surface area contributed by atoms with Gasteiger partial charge in [-0.25, -0.2) is 8.78 Å². The van der Waals surface area contributed by atoms with E-state index in [-0.39, 0.29) is 17.3 Å². The first kappa shape index (κ1) is 18.0. The van der Waals surface area contributed by atoms with Crippen molar-refractivity contribution in [3.8, 4) is 0 Å². The van der Waals surface area contributed by atoms with E-state index in [1.807, 2.05) is 0 Å². The minimum atomic E-state index is -0.700. The number of nitrogens with two attached hydrogens (primary N) is 2. The van der Waals surface area contributed by atoms with Crippen molar-refractivity contribution in [1.82, 2.24) is 15.1 Å². The molecule has 1 saturated heterocycles. The van der Waals surface area contributed by atoms with Crippen LogP contribution in [0.1, 0.15) is 46.3 Å². The molecular formula is C18H21F2N5O2. The number of amides is 1. The number of carbonyl (C=O) groups excluding carboxylic acids is 1. The molecule has 27 heavy (non-hydrogen) atoms. The Morgan fingerprint density at radius 3 is 2.93 bits per heavy atom. The highest BCUT2D eigenvalue weighted by atomic mass is 19.1. The van der Waals surface area contributed by atoms with Crippen LogP contribution in [0.2, 0.25) is 0 Å². The van der Waals surface area contributed by atoms with Crippen molar-refractivity contribution in [3.05, 3.63) is 52.3 Å². The number of rotatable bonds is 3. The Morgan fingerprint density at radius 2 is 2.15 bits per heavy atom. The second kappa shape index (κ2) is 6.99. The zero-order valence-electron chi connectivity index (χ0n) is 14.6. The molecule has 0 unspecified atom stereocenters. The summed E-state index contributed by atoms with van der Waals surface area (Å²) in [5.74, 6) is -1.60. The van der Waals surface area contributed by atoms with E-state index in [0.717, 1.165) is 29.5 Å². The number of ether oxygens (including phenoxy) is 1. The van der Waals surface area contributed by atoms with Crippen LogP contribution in [-0.4, -0.2) is 39.7 Å². The Hall–Kier alpha value is -2.36. The van der Waals surface area contributed by atoms with E-state index in [1.165, 1.54) is 0 Å². The number of primary amides is 1. The van der Waals surface area contributed by atoms with E-state index in [9.17, 15) is 13.6 Å². The Labute approximate surface area is 154 Å². The number of carbonyl (C=O) groups is 1. The Morgan fingerprint density at radius 1 is 1.33 bits per heavy atom. The lowest BCUT2D eigenvalue weighted by Crippen LogP contribution is -2.38. The summed E-state index contributed by atoms with van der Waals surface area (Å²) in [4.78, 5) is 13.7. The van der Waals surface area contributed by atoms with E-state index in [2.05, 4.69) is 15.1 Å². The predicted molar refractivity (Wildman–Crippen MR) is 92.4 cm³/mol. The van der Waals surface area contributed by atoms with Gasteiger partial charge in [0.15, 0.2) is 5.69 Å². The first-order chi connectivity index (χ1) is 12.9. The van der Waals surface area contributed by atoms with E-state index in [4.69, 9.17) is 16.2 Å². The fourth-order valence-corrected chi connectivity index (χ4v) is 4.02. The molecule has 0 radical (unpaired) electrons. The third-order valence-electron chi connectivity index (χ3n) is 5.37. The average molecular weight is 377 g/mol. The molecule has 0 aliphatic carbocycles. The Kier molecular flexibility index (Phi) is 4.67. The number of H-pyrrole nitrogens is 1. The quantitative estimate of drug-likeness (QED) is 0.748. The van der Waals surface area contributed by atoms with Gasteiger partial charge in [-0.2, -0.15) is 5.10 Å². The molecule has 1 aromatic carbocycles. The number of fused-ring (bicyclic) bond motifs is 1. The minimum Gasteiger partial charge on any atom is -0.372 e. The third kappa shape index (κ3) is 3.33. The van der Waals surface area contributed by atoms with E-state index < -0.39 is 29.7 Å². The normalized spacial score (nSPS) is 26.0. The number of nitrogens with zero attached hydrogens (tertiary/aromatic N) is 2. The number of halogens is 2. The van der Waals surface area contributed by atoms with Crippen molar-refractivity contribution in [2.24, 2.45) is 11.5 Å². The molecule has 0 saturated carbocycles. The van der Waals surface area contributed by atoms with E-state index in [0.29, 0.717) is 32.5 Å². The Balaban J connectivity index is 1.50. The maximum Gasteiger partial charge on any atom is 0.269 e. The second-order valence-electron chi connectivity index (χ2n) is 7.10. The van der Waals surface area contributed by atoms with Crippen LogP contribution in [0.15, 0.2) is 18.2 Å². The number of hydrogen-bond acceptors (Lipinski definition) is 5. The SMILES string of the molecule is NC(=O)c1n[nH]c2c1CN([C@H]1CCO[C@H](c3cc(F)ccc3F)[C@@H](N)C1)C2. The minimum absolute atomic E-state index is 0.0862. The van der Waals surface area contributed by atoms with Gasteiger partial charge in [0.2, 0.25) is 0 Å². The second-order valence-corrected chi connectivity index (χ2v) is 7.10. The summed E-state index contributed by atoms with van der Waals surface area (Å²) in [7, 11) is 0. The van der Waals surface area contributed by atoms with Gasteiger partial charge in [-0.05, 0) is 31.0 Å². The molecule has 9 heteroatoms. The van der Waals surface area contributed by atoms with Gasteiger partial charge in [0.25, 0.3) is 5.91 Å². The summed E-state index contributed by atoms with van der Waals surface area (Å²) in [5, 5.41) is 6.83. The third-order valence-corrected chi connectivity index (χ3v) is 5.37. The molecule has 2 aliphatic heterocycles. The van der Waals surface area contributed by atoms with Crippen molar-refractivity contribution in [2.45, 2.75) is 44.1 Å². The van der Waals surface area contributed by atoms with Gasteiger partial charge in [0.05, 0.1) is 5.69 Å². The van der Waals surface area contributed by atoms with Crippen LogP contribution < -0.4 is 11.5 Å². The molecule has 5 N–H and O–H groups in total. The molecule has 0 spiro atoms. The van der Waals surface area contributed by atoms with Crippen molar-refractivity contribution >= 4 is 5.91 Å². The zero-order valence-corrected chi connectivity index (χ0v) is 14.6. The van der Waals surface area contributed by atoms with Crippen LogP contribution >= 0.6 is 0 Å². The molecular weight excluding hydrogens is 356 g/mol. The van der Waals surface area contributed by atoms with Crippen molar-refractivity contribution in [1.29, 1.82) is 0 Å². The maximum absolute atomic E-state index is 14.1. The van der Waals surface area contributed by atoms with Crippen LogP contribution in [0.3, 0.4) is 0 Å². The summed E-state index contributed by atoms with van der Waals surface area (Å²) in [5.41, 5.74) is 13.8. The standard InChI is InChI=1S/C18H21F2N5O2/c19-9-1-2-13(20)11(5-9)17-14(21)6-10(3-4-27-17)25-7-12-15(8-25)23-24-16(12)18(22)26/h1-2,5,10,14,17H,3-4,6-8,21H2,(H2,22,26)(H,23,24)/t10-,14-,17+/m0/s1. The molecule has 7 nitrogen and oxygen atoms in total. The number of nitrogens with one attached hydrogen (secondary N) is 1. The van der Waals surface area contributed by atoms with E-state index in [1.54, 1.807) is 0 Å². The summed E-state index contributed by atoms with van der Waals surface area (Å²) in [6.45, 7) is 1.52. The van der Waals surface area contributed by atoms with Crippen LogP contribution in [-0.2, 0) is 17.8 Å². The van der Waals surface area contributed by atoms with Gasteiger partial charge in [0.1, 0.15) is 17.7 Å². The van der Waals surface area contributed by atoms with Crippen LogP contribution in [0, 0.1) is 11.6 Å². The first-order valence-corrected chi connectivity index (χ1v) is 8.86. The molecule has 1 amide bonds. The zero-order chi connectivity index (χ0) is 19.1. The molecule has 1 aromatic heterocycles. The van der Waals surface area contributed by atoms with E-state index >= 15 is 0 Å². The summed E-state index contributed by atoms with van der Waals surface area (Å²) in [6, 6.07) is 2.91. The fraction of sp³-hybridized carbons (Fsp3) is 0.444. The van der Waals surface area contributed by atoms with Gasteiger partial charge < -0.3 is 16.2 Å². The van der Waals surface area contributed by atoms with Crippen molar-refractivity contribution in [2.75, 3.05) is 6.61 Å². The van der Waals surface area contributed by atoms with Gasteiger partial charge in [-0.1, -0.05) is 0 Å². The molecule has 4 rings (SSSR count). The highest BCUT2D eigenvalue weighted by Gasteiger charge is 2.36. The fourth-order valence-electron chi connectivity index (χ4n) is 4.02. The predicted octanol–water partition coefficient (Wildman–Crippen LogP) is 1.35. The number of aromatic nitrogens is 2. The lowest BCUT2D eigenvalue weighted by Gasteiger charge is -2.28. The Bertz CT molecular complexity index is 871. The average Bonchev–Trinajstić information content (AvgIpc) is 3.14. The van der Waals surface area contributed by atoms with Gasteiger partial charge >= 0.3 is 0 Å². The van der Waals surface area contributed by atoms with Crippen LogP contribution in [0.4, 0.5) is 8.78 Å². The van der Waals surface area contributed by atoms with Gasteiger partial charge in [-0.3, -0.25) is 14.8 Å². The number of aromatic amines is 1. The molecule has 0 bridgehead atoms. The van der Waals surface area contributed by atoms with Crippen molar-refractivity contribution < 1.29 is 18.3 Å². The molecule has 2 aromatic rings. The van der Waals surface area contributed by atoms with Gasteiger partial charge in [0, 0.05) is 42.9 Å². The topological polar surface area (TPSA) is 110 Å². The molecule has 2 aliphatic rings. The largest absolute Gasteiger partial charge is 0.372 e. The summed E-state index contributed by atoms with van der Waals surface area (Å²) >= 11 is 0. The molecule has 144 valence electrons. The highest BCUT2D eigenvalue weighted by Crippen LogP contribution is 2.34. The lowest BCUT2D eigenvalue weighted by atomic mass is 9.96. The lowest BCUT2D eigenvalue weighted by molar-refractivity contribution is 0.0430. The van der Waals surface area contributed by atoms with Crippen molar-refractivity contribution in [3.63, 3.8) is 0 Å². The summed E-state index contributed by atoms with van der Waals surface area (Å²) in [6.07, 6.45) is 0.559. The van der Waals surface area contributed by atoms with Crippen LogP contribution in [0.25, 0.3) is 0 Å². The summed E-state index contributed by atoms with van der Waals surface area (Å²) < 4.78 is 33.5. The number of benzene rings is 1. The smallest absolute Gasteiger partial charge is 0.269 e. The highest BCUT2D eigenvalue weighted by molar-refractivity contribution is 5.92. The molecule has 1 fully saturated rings. The monoisotopic (exact) mass is 377 g/mol. The first-order valence-electron chi connectivity index (χ1n) is 8.86. The molecule has 3 atom stereocenters. The maximum atomic E-state index is 14.1. The van der Waals surface area contributed by atoms with Gasteiger partial charge in [-0.15, -0.1) is 0 Å². The van der Waals surface area contributed by atoms with Crippen LogP contribution in [0.5, 0.6) is 0 Å².